The van der Waals surface area contributed by atoms with E-state index in [9.17, 15) is 5.11 Å². The minimum Gasteiger partial charge on any atom is -0.488 e. The number of aliphatic hydroxyl groups is 1. The molecule has 2 N–H and O–H groups in total. The van der Waals surface area contributed by atoms with E-state index in [1.807, 2.05) is 30.5 Å². The van der Waals surface area contributed by atoms with Gasteiger partial charge in [-0.15, -0.1) is 0 Å². The van der Waals surface area contributed by atoms with Gasteiger partial charge in [-0.25, -0.2) is 4.98 Å². The van der Waals surface area contributed by atoms with Crippen LogP contribution in [0.15, 0.2) is 36.7 Å². The Kier molecular flexibility index (Phi) is 4.93. The molecule has 8 nitrogen and oxygen atoms in total. The lowest BCUT2D eigenvalue weighted by Crippen LogP contribution is -2.30. The van der Waals surface area contributed by atoms with E-state index in [-0.39, 0.29) is 24.7 Å². The number of aromatic nitrogens is 2. The SMILES string of the molecule is O=CO.O[C@@H]1CO[C@H]2[C@@H]1OC[C@H]2n1ccnc1C1=Cc2ccccc2OC1. The van der Waals surface area contributed by atoms with Crippen molar-refractivity contribution in [1.82, 2.24) is 9.55 Å². The van der Waals surface area contributed by atoms with E-state index in [0.29, 0.717) is 19.8 Å². The Morgan fingerprint density at radius 1 is 1.19 bits per heavy atom. The highest BCUT2D eigenvalue weighted by atomic mass is 16.6. The number of para-hydroxylation sites is 1. The first-order chi connectivity index (χ1) is 13.2. The maximum atomic E-state index is 9.94. The van der Waals surface area contributed by atoms with Crippen LogP contribution in [-0.4, -0.2) is 64.4 Å². The molecule has 0 radical (unpaired) electrons. The van der Waals surface area contributed by atoms with Gasteiger partial charge in [-0.2, -0.15) is 0 Å². The molecule has 5 rings (SSSR count). The van der Waals surface area contributed by atoms with Gasteiger partial charge in [0.2, 0.25) is 0 Å². The van der Waals surface area contributed by atoms with Gasteiger partial charge in [0.1, 0.15) is 36.5 Å². The summed E-state index contributed by atoms with van der Waals surface area (Å²) in [6.07, 6.45) is 4.93. The van der Waals surface area contributed by atoms with Crippen LogP contribution in [0.3, 0.4) is 0 Å². The topological polar surface area (TPSA) is 103 Å². The first-order valence-electron chi connectivity index (χ1n) is 8.67. The zero-order valence-electron chi connectivity index (χ0n) is 14.5. The van der Waals surface area contributed by atoms with Crippen molar-refractivity contribution in [2.75, 3.05) is 19.8 Å². The lowest BCUT2D eigenvalue weighted by Gasteiger charge is -2.22. The number of rotatable bonds is 2. The molecule has 4 atom stereocenters. The fourth-order valence-electron chi connectivity index (χ4n) is 3.77. The third-order valence-electron chi connectivity index (χ3n) is 4.95. The summed E-state index contributed by atoms with van der Waals surface area (Å²) in [5, 5.41) is 16.8. The summed E-state index contributed by atoms with van der Waals surface area (Å²) in [5.74, 6) is 1.76. The van der Waals surface area contributed by atoms with Crippen LogP contribution in [-0.2, 0) is 14.3 Å². The van der Waals surface area contributed by atoms with Crippen molar-refractivity contribution in [2.24, 2.45) is 0 Å². The van der Waals surface area contributed by atoms with Crippen LogP contribution in [0.5, 0.6) is 5.75 Å². The van der Waals surface area contributed by atoms with Gasteiger partial charge in [-0.3, -0.25) is 4.79 Å². The van der Waals surface area contributed by atoms with Crippen LogP contribution in [0.2, 0.25) is 0 Å². The number of hydrogen-bond donors (Lipinski definition) is 2. The van der Waals surface area contributed by atoms with Crippen molar-refractivity contribution in [2.45, 2.75) is 24.4 Å². The zero-order valence-corrected chi connectivity index (χ0v) is 14.5. The molecule has 2 saturated heterocycles. The fourth-order valence-corrected chi connectivity index (χ4v) is 3.77. The van der Waals surface area contributed by atoms with Crippen LogP contribution < -0.4 is 4.74 Å². The summed E-state index contributed by atoms with van der Waals surface area (Å²) in [6, 6.07) is 7.99. The zero-order chi connectivity index (χ0) is 18.8. The molecule has 1 aromatic heterocycles. The molecule has 0 unspecified atom stereocenters. The molecule has 0 spiro atoms. The minimum absolute atomic E-state index is 0.0164. The monoisotopic (exact) mass is 372 g/mol. The summed E-state index contributed by atoms with van der Waals surface area (Å²) in [4.78, 5) is 12.9. The van der Waals surface area contributed by atoms with Crippen molar-refractivity contribution in [3.05, 3.63) is 48.0 Å². The Hall–Kier alpha value is -2.68. The number of fused-ring (bicyclic) bond motifs is 2. The Morgan fingerprint density at radius 2 is 1.96 bits per heavy atom. The lowest BCUT2D eigenvalue weighted by atomic mass is 10.1. The van der Waals surface area contributed by atoms with Crippen molar-refractivity contribution in [3.8, 4) is 5.75 Å². The quantitative estimate of drug-likeness (QED) is 0.764. The standard InChI is InChI=1S/C18H18N2O4.CH2O2/c21-14-10-24-16-13(9-23-17(14)16)20-6-5-19-18(20)12-7-11-3-1-2-4-15(11)22-8-12;2-1-3/h1-7,13-14,16-17,21H,8-10H2;1H,(H,2,3)/t13-,14-,16-,17-;/m1./s1. The van der Waals surface area contributed by atoms with E-state index >= 15 is 0 Å². The summed E-state index contributed by atoms with van der Waals surface area (Å²) >= 11 is 0. The summed E-state index contributed by atoms with van der Waals surface area (Å²) in [7, 11) is 0. The van der Waals surface area contributed by atoms with Gasteiger partial charge >= 0.3 is 0 Å². The maximum absolute atomic E-state index is 9.94. The largest absolute Gasteiger partial charge is 0.488 e. The molecule has 3 aliphatic heterocycles. The third kappa shape index (κ3) is 3.23. The van der Waals surface area contributed by atoms with E-state index in [4.69, 9.17) is 24.1 Å². The van der Waals surface area contributed by atoms with Gasteiger partial charge in [0, 0.05) is 23.5 Å². The Balaban J connectivity index is 0.000000565. The number of ether oxygens (including phenoxy) is 3. The van der Waals surface area contributed by atoms with Gasteiger partial charge < -0.3 is 29.0 Å². The molecule has 4 heterocycles. The minimum atomic E-state index is -0.545. The van der Waals surface area contributed by atoms with Gasteiger partial charge in [-0.05, 0) is 12.1 Å². The fraction of sp³-hybridized carbons (Fsp3) is 0.368. The van der Waals surface area contributed by atoms with Crippen LogP contribution >= 0.6 is 0 Å². The highest BCUT2D eigenvalue weighted by Gasteiger charge is 2.48. The first kappa shape index (κ1) is 17.7. The number of imidazole rings is 1. The molecule has 2 fully saturated rings. The van der Waals surface area contributed by atoms with E-state index in [1.54, 1.807) is 6.20 Å². The van der Waals surface area contributed by atoms with Gasteiger partial charge in [0.25, 0.3) is 6.47 Å². The Morgan fingerprint density at radius 3 is 2.81 bits per heavy atom. The van der Waals surface area contributed by atoms with Gasteiger partial charge in [0.05, 0.1) is 19.3 Å². The number of carboxylic acid groups (broad SMARTS) is 1. The number of aliphatic hydroxyl groups excluding tert-OH is 1. The molecule has 2 aromatic rings. The van der Waals surface area contributed by atoms with Crippen molar-refractivity contribution in [3.63, 3.8) is 0 Å². The lowest BCUT2D eigenvalue weighted by molar-refractivity contribution is -0.122. The van der Waals surface area contributed by atoms with Crippen LogP contribution in [0.1, 0.15) is 17.4 Å². The second kappa shape index (κ2) is 7.51. The highest BCUT2D eigenvalue weighted by molar-refractivity contribution is 5.83. The number of hydrogen-bond acceptors (Lipinski definition) is 6. The van der Waals surface area contributed by atoms with E-state index in [2.05, 4.69) is 15.6 Å². The maximum Gasteiger partial charge on any atom is 0.290 e. The predicted molar refractivity (Wildman–Crippen MR) is 95.3 cm³/mol. The molecule has 1 aromatic carbocycles. The molecule has 8 heteroatoms. The van der Waals surface area contributed by atoms with Crippen molar-refractivity contribution < 1.29 is 29.2 Å². The highest BCUT2D eigenvalue weighted by Crippen LogP contribution is 2.37. The normalized spacial score (nSPS) is 28.3. The third-order valence-corrected chi connectivity index (χ3v) is 4.95. The van der Waals surface area contributed by atoms with E-state index in [0.717, 1.165) is 22.7 Å². The predicted octanol–water partition coefficient (Wildman–Crippen LogP) is 1.22. The van der Waals surface area contributed by atoms with Crippen LogP contribution in [0.25, 0.3) is 11.6 Å². The Bertz CT molecular complexity index is 848. The van der Waals surface area contributed by atoms with Crippen molar-refractivity contribution in [1.29, 1.82) is 0 Å². The molecular weight excluding hydrogens is 352 g/mol. The van der Waals surface area contributed by atoms with Crippen molar-refractivity contribution >= 4 is 18.1 Å². The molecule has 27 heavy (non-hydrogen) atoms. The molecule has 142 valence electrons. The molecule has 0 bridgehead atoms. The van der Waals surface area contributed by atoms with Crippen LogP contribution in [0.4, 0.5) is 0 Å². The first-order valence-corrected chi connectivity index (χ1v) is 8.67. The number of carbonyl (C=O) groups is 1. The Labute approximate surface area is 155 Å². The average molecular weight is 372 g/mol. The second-order valence-corrected chi connectivity index (χ2v) is 6.49. The summed E-state index contributed by atoms with van der Waals surface area (Å²) in [6.45, 7) is 1.08. The van der Waals surface area contributed by atoms with E-state index < -0.39 is 6.10 Å². The summed E-state index contributed by atoms with van der Waals surface area (Å²) < 4.78 is 19.4. The second-order valence-electron chi connectivity index (χ2n) is 6.49. The molecular formula is C19H20N2O6. The number of benzene rings is 1. The molecule has 3 aliphatic rings. The molecule has 0 amide bonds. The van der Waals surface area contributed by atoms with Crippen LogP contribution in [0, 0.1) is 0 Å². The smallest absolute Gasteiger partial charge is 0.290 e. The average Bonchev–Trinajstić information content (AvgIpc) is 3.40. The number of nitrogens with zero attached hydrogens (tertiary/aromatic N) is 2. The molecule has 0 saturated carbocycles. The van der Waals surface area contributed by atoms with E-state index in [1.165, 1.54) is 0 Å². The van der Waals surface area contributed by atoms with Gasteiger partial charge in [-0.1, -0.05) is 18.2 Å². The molecule has 0 aliphatic carbocycles. The van der Waals surface area contributed by atoms with Gasteiger partial charge in [0.15, 0.2) is 0 Å². The summed E-state index contributed by atoms with van der Waals surface area (Å²) in [5.41, 5.74) is 2.09.